The quantitative estimate of drug-likeness (QED) is 0.583. The van der Waals surface area contributed by atoms with Gasteiger partial charge in [-0.3, -0.25) is 9.59 Å². The summed E-state index contributed by atoms with van der Waals surface area (Å²) in [6, 6.07) is 14.5. The molecule has 4 nitrogen and oxygen atoms in total. The molecule has 2 aromatic carbocycles. The minimum absolute atomic E-state index is 0.139. The minimum atomic E-state index is -4.43. The van der Waals surface area contributed by atoms with Crippen LogP contribution in [0.2, 0.25) is 0 Å². The van der Waals surface area contributed by atoms with Crippen molar-refractivity contribution >= 4 is 11.8 Å². The van der Waals surface area contributed by atoms with Gasteiger partial charge >= 0.3 is 6.18 Å². The lowest BCUT2D eigenvalue weighted by molar-refractivity contribution is -0.140. The van der Waals surface area contributed by atoms with Gasteiger partial charge in [-0.05, 0) is 68.4 Å². The zero-order valence-corrected chi connectivity index (χ0v) is 18.7. The van der Waals surface area contributed by atoms with Crippen molar-refractivity contribution in [2.45, 2.75) is 51.4 Å². The van der Waals surface area contributed by atoms with Crippen LogP contribution in [0.3, 0.4) is 0 Å². The van der Waals surface area contributed by atoms with Crippen molar-refractivity contribution in [1.29, 1.82) is 0 Å². The number of carbonyl (C=O) groups is 2. The second-order valence-electron chi connectivity index (χ2n) is 9.17. The Balaban J connectivity index is 1.38. The van der Waals surface area contributed by atoms with Gasteiger partial charge in [0, 0.05) is 37.2 Å². The second kappa shape index (κ2) is 9.57. The smallest absolute Gasteiger partial charge is 0.339 e. The van der Waals surface area contributed by atoms with Crippen LogP contribution in [0.1, 0.15) is 54.1 Å². The number of rotatable bonds is 6. The number of likely N-dealkylation sites (tertiary alicyclic amines) is 1. The molecule has 33 heavy (non-hydrogen) atoms. The highest BCUT2D eigenvalue weighted by Crippen LogP contribution is 2.37. The predicted octanol–water partition coefficient (Wildman–Crippen LogP) is 5.38. The highest BCUT2D eigenvalue weighted by molar-refractivity contribution is 5.94. The van der Waals surface area contributed by atoms with Gasteiger partial charge in [-0.25, -0.2) is 0 Å². The van der Waals surface area contributed by atoms with Gasteiger partial charge in [0.05, 0.1) is 5.56 Å². The Morgan fingerprint density at radius 2 is 1.58 bits per heavy atom. The van der Waals surface area contributed by atoms with E-state index in [1.54, 1.807) is 4.90 Å². The summed E-state index contributed by atoms with van der Waals surface area (Å²) < 4.78 is 38.3. The molecule has 1 heterocycles. The summed E-state index contributed by atoms with van der Waals surface area (Å²) in [4.78, 5) is 29.9. The number of amides is 2. The van der Waals surface area contributed by atoms with E-state index in [-0.39, 0.29) is 29.3 Å². The van der Waals surface area contributed by atoms with Crippen LogP contribution in [0.4, 0.5) is 13.2 Å². The third-order valence-corrected chi connectivity index (χ3v) is 6.87. The summed E-state index contributed by atoms with van der Waals surface area (Å²) in [7, 11) is 0. The normalized spacial score (nSPS) is 18.1. The van der Waals surface area contributed by atoms with Crippen LogP contribution >= 0.6 is 0 Å². The summed E-state index contributed by atoms with van der Waals surface area (Å²) >= 11 is 0. The molecular formula is C26H29F3N2O2. The number of halogens is 3. The molecule has 0 bridgehead atoms. The largest absolute Gasteiger partial charge is 0.416 e. The molecule has 1 unspecified atom stereocenters. The molecule has 0 N–H and O–H groups in total. The molecule has 0 spiro atoms. The van der Waals surface area contributed by atoms with Gasteiger partial charge < -0.3 is 9.80 Å². The van der Waals surface area contributed by atoms with Gasteiger partial charge in [0.15, 0.2) is 0 Å². The molecule has 2 aliphatic rings. The molecule has 1 saturated carbocycles. The molecule has 2 amide bonds. The van der Waals surface area contributed by atoms with Gasteiger partial charge in [0.25, 0.3) is 5.91 Å². The molecule has 1 aliphatic heterocycles. The van der Waals surface area contributed by atoms with E-state index in [1.807, 2.05) is 35.2 Å². The number of benzene rings is 2. The van der Waals surface area contributed by atoms with Crippen LogP contribution in [0.5, 0.6) is 0 Å². The first-order valence-corrected chi connectivity index (χ1v) is 11.5. The number of hydrogen-bond donors (Lipinski definition) is 0. The molecule has 176 valence electrons. The molecule has 4 rings (SSSR count). The number of hydrogen-bond acceptors (Lipinski definition) is 2. The maximum absolute atomic E-state index is 13.5. The first-order valence-electron chi connectivity index (χ1n) is 11.5. The van der Waals surface area contributed by atoms with E-state index in [9.17, 15) is 22.8 Å². The summed E-state index contributed by atoms with van der Waals surface area (Å²) in [6.45, 7) is 3.56. The van der Waals surface area contributed by atoms with E-state index < -0.39 is 11.7 Å². The molecule has 1 atom stereocenters. The Labute approximate surface area is 192 Å². The van der Waals surface area contributed by atoms with Crippen LogP contribution in [0.25, 0.3) is 0 Å². The topological polar surface area (TPSA) is 40.6 Å². The lowest BCUT2D eigenvalue weighted by Crippen LogP contribution is -2.47. The average molecular weight is 459 g/mol. The summed E-state index contributed by atoms with van der Waals surface area (Å²) in [5.74, 6) is 0.257. The summed E-state index contributed by atoms with van der Waals surface area (Å²) in [5.41, 5.74) is 0.570. The van der Waals surface area contributed by atoms with Crippen LogP contribution in [-0.4, -0.2) is 40.7 Å². The highest BCUT2D eigenvalue weighted by Gasteiger charge is 2.38. The monoisotopic (exact) mass is 458 g/mol. The Hall–Kier alpha value is -2.83. The molecule has 0 aromatic heterocycles. The van der Waals surface area contributed by atoms with E-state index >= 15 is 0 Å². The zero-order chi connectivity index (χ0) is 23.6. The summed E-state index contributed by atoms with van der Waals surface area (Å²) in [6.07, 6.45) is -0.995. The third kappa shape index (κ3) is 5.57. The van der Waals surface area contributed by atoms with Crippen molar-refractivity contribution in [2.24, 2.45) is 11.8 Å². The second-order valence-corrected chi connectivity index (χ2v) is 9.17. The number of alkyl halides is 3. The van der Waals surface area contributed by atoms with E-state index in [0.717, 1.165) is 30.5 Å². The predicted molar refractivity (Wildman–Crippen MR) is 119 cm³/mol. The van der Waals surface area contributed by atoms with Crippen LogP contribution in [0.15, 0.2) is 54.6 Å². The third-order valence-electron chi connectivity index (χ3n) is 6.87. The summed E-state index contributed by atoms with van der Waals surface area (Å²) in [5, 5.41) is 0. The fourth-order valence-electron chi connectivity index (χ4n) is 4.58. The zero-order valence-electron chi connectivity index (χ0n) is 18.7. The van der Waals surface area contributed by atoms with Crippen molar-refractivity contribution in [3.63, 3.8) is 0 Å². The van der Waals surface area contributed by atoms with Crippen molar-refractivity contribution in [1.82, 2.24) is 9.80 Å². The maximum Gasteiger partial charge on any atom is 0.416 e. The van der Waals surface area contributed by atoms with Gasteiger partial charge in [-0.2, -0.15) is 13.2 Å². The molecule has 2 fully saturated rings. The van der Waals surface area contributed by atoms with Crippen LogP contribution < -0.4 is 0 Å². The maximum atomic E-state index is 13.5. The fourth-order valence-corrected chi connectivity index (χ4v) is 4.58. The van der Waals surface area contributed by atoms with Crippen molar-refractivity contribution in [3.05, 3.63) is 71.3 Å². The number of nitrogens with zero attached hydrogens (tertiary/aromatic N) is 2. The first-order chi connectivity index (χ1) is 15.7. The molecular weight excluding hydrogens is 429 g/mol. The minimum Gasteiger partial charge on any atom is -0.339 e. The average Bonchev–Trinajstić information content (AvgIpc) is 3.67. The van der Waals surface area contributed by atoms with Crippen LogP contribution in [-0.2, 0) is 17.5 Å². The standard InChI is InChI=1S/C26H29F3N2O2/c1-18(20-7-8-20)31(17-19-5-3-2-4-6-19)25(33)22-13-15-30(16-14-22)24(32)21-9-11-23(12-10-21)26(27,28)29/h2-6,9-12,18,20,22H,7-8,13-17H2,1H3. The van der Waals surface area contributed by atoms with Gasteiger partial charge in [-0.15, -0.1) is 0 Å². The first kappa shape index (κ1) is 23.3. The van der Waals surface area contributed by atoms with E-state index in [0.29, 0.717) is 38.4 Å². The van der Waals surface area contributed by atoms with Gasteiger partial charge in [0.1, 0.15) is 0 Å². The van der Waals surface area contributed by atoms with Crippen LogP contribution in [0, 0.1) is 11.8 Å². The number of piperidine rings is 1. The molecule has 7 heteroatoms. The lowest BCUT2D eigenvalue weighted by atomic mass is 9.93. The van der Waals surface area contributed by atoms with E-state index in [1.165, 1.54) is 12.1 Å². The molecule has 1 saturated heterocycles. The highest BCUT2D eigenvalue weighted by atomic mass is 19.4. The van der Waals surface area contributed by atoms with Crippen molar-refractivity contribution in [3.8, 4) is 0 Å². The number of carbonyl (C=O) groups excluding carboxylic acids is 2. The van der Waals surface area contributed by atoms with Gasteiger partial charge in [-0.1, -0.05) is 30.3 Å². The Kier molecular flexibility index (Phi) is 6.77. The molecule has 1 aliphatic carbocycles. The molecule has 2 aromatic rings. The Morgan fingerprint density at radius 1 is 0.970 bits per heavy atom. The molecule has 0 radical (unpaired) electrons. The Bertz CT molecular complexity index is 963. The fraction of sp³-hybridized carbons (Fsp3) is 0.462. The van der Waals surface area contributed by atoms with Crippen molar-refractivity contribution < 1.29 is 22.8 Å². The van der Waals surface area contributed by atoms with Crippen molar-refractivity contribution in [2.75, 3.05) is 13.1 Å². The van der Waals surface area contributed by atoms with Gasteiger partial charge in [0.2, 0.25) is 5.91 Å². The SMILES string of the molecule is CC(C1CC1)N(Cc1ccccc1)C(=O)C1CCN(C(=O)c2ccc(C(F)(F)F)cc2)CC1. The Morgan fingerprint density at radius 3 is 2.12 bits per heavy atom. The van der Waals surface area contributed by atoms with E-state index in [2.05, 4.69) is 6.92 Å². The van der Waals surface area contributed by atoms with E-state index in [4.69, 9.17) is 0 Å². The lowest BCUT2D eigenvalue weighted by Gasteiger charge is -2.37.